The molecular weight excluding hydrogens is 436 g/mol. The predicted octanol–water partition coefficient (Wildman–Crippen LogP) is 3.21. The molecule has 0 radical (unpaired) electrons. The molecule has 2 aromatic carbocycles. The standard InChI is InChI=1S/C26H30N2O6/c1-32-20-8-4-17(5-9-20)24-22(25(30)27-14-12-18(13-15-27)26(31)34-3)16-23(29)28(24)19-6-10-21(33-2)11-7-19/h4-11,18,22,24H,12-16H2,1-3H3. The lowest BCUT2D eigenvalue weighted by molar-refractivity contribution is -0.149. The molecular formula is C26H30N2O6. The first-order chi connectivity index (χ1) is 16.5. The normalized spacial score (nSPS) is 20.9. The molecule has 0 aromatic heterocycles. The highest BCUT2D eigenvalue weighted by molar-refractivity contribution is 6.01. The number of rotatable bonds is 6. The molecule has 34 heavy (non-hydrogen) atoms. The third kappa shape index (κ3) is 4.58. The van der Waals surface area contributed by atoms with Gasteiger partial charge in [0.1, 0.15) is 11.5 Å². The van der Waals surface area contributed by atoms with Gasteiger partial charge >= 0.3 is 5.97 Å². The second-order valence-electron chi connectivity index (χ2n) is 8.61. The Hall–Kier alpha value is -3.55. The molecule has 0 aliphatic carbocycles. The summed E-state index contributed by atoms with van der Waals surface area (Å²) in [6, 6.07) is 14.3. The molecule has 2 saturated heterocycles. The lowest BCUT2D eigenvalue weighted by atomic mass is 9.90. The summed E-state index contributed by atoms with van der Waals surface area (Å²) in [5.41, 5.74) is 1.58. The highest BCUT2D eigenvalue weighted by atomic mass is 16.5. The average Bonchev–Trinajstić information content (AvgIpc) is 3.24. The fourth-order valence-corrected chi connectivity index (χ4v) is 4.92. The fourth-order valence-electron chi connectivity index (χ4n) is 4.92. The van der Waals surface area contributed by atoms with Gasteiger partial charge in [0, 0.05) is 25.2 Å². The zero-order valence-corrected chi connectivity index (χ0v) is 19.7. The quantitative estimate of drug-likeness (QED) is 0.608. The van der Waals surface area contributed by atoms with Crippen molar-refractivity contribution in [1.82, 2.24) is 4.90 Å². The van der Waals surface area contributed by atoms with Crippen molar-refractivity contribution in [2.45, 2.75) is 25.3 Å². The minimum absolute atomic E-state index is 0.0616. The molecule has 0 bridgehead atoms. The smallest absolute Gasteiger partial charge is 0.308 e. The van der Waals surface area contributed by atoms with Gasteiger partial charge in [-0.25, -0.2) is 0 Å². The number of anilines is 1. The summed E-state index contributed by atoms with van der Waals surface area (Å²) in [7, 11) is 4.58. The van der Waals surface area contributed by atoms with Gasteiger partial charge < -0.3 is 24.0 Å². The first-order valence-electron chi connectivity index (χ1n) is 11.4. The molecule has 2 atom stereocenters. The van der Waals surface area contributed by atoms with Crippen molar-refractivity contribution in [3.8, 4) is 11.5 Å². The van der Waals surface area contributed by atoms with E-state index >= 15 is 0 Å². The molecule has 2 aromatic rings. The lowest BCUT2D eigenvalue weighted by Gasteiger charge is -2.35. The van der Waals surface area contributed by atoms with Crippen molar-refractivity contribution < 1.29 is 28.6 Å². The molecule has 0 spiro atoms. The zero-order valence-electron chi connectivity index (χ0n) is 19.7. The second-order valence-corrected chi connectivity index (χ2v) is 8.61. The van der Waals surface area contributed by atoms with Crippen molar-refractivity contribution in [3.05, 3.63) is 54.1 Å². The van der Waals surface area contributed by atoms with Gasteiger partial charge in [0.2, 0.25) is 11.8 Å². The summed E-state index contributed by atoms with van der Waals surface area (Å²) in [6.45, 7) is 0.947. The van der Waals surface area contributed by atoms with Gasteiger partial charge in [-0.2, -0.15) is 0 Å². The van der Waals surface area contributed by atoms with Crippen LogP contribution in [0.15, 0.2) is 48.5 Å². The molecule has 4 rings (SSSR count). The maximum absolute atomic E-state index is 13.7. The van der Waals surface area contributed by atoms with E-state index in [1.54, 1.807) is 36.2 Å². The molecule has 2 unspecified atom stereocenters. The van der Waals surface area contributed by atoms with E-state index < -0.39 is 12.0 Å². The molecule has 8 heteroatoms. The molecule has 0 saturated carbocycles. The highest BCUT2D eigenvalue weighted by Gasteiger charge is 2.47. The van der Waals surface area contributed by atoms with E-state index in [0.717, 1.165) is 5.56 Å². The first-order valence-corrected chi connectivity index (χ1v) is 11.4. The van der Waals surface area contributed by atoms with E-state index in [1.807, 2.05) is 36.4 Å². The molecule has 2 aliphatic rings. The van der Waals surface area contributed by atoms with Crippen LogP contribution in [0.25, 0.3) is 0 Å². The van der Waals surface area contributed by atoms with Crippen LogP contribution in [0.1, 0.15) is 30.9 Å². The third-order valence-electron chi connectivity index (χ3n) is 6.79. The van der Waals surface area contributed by atoms with E-state index in [-0.39, 0.29) is 30.1 Å². The van der Waals surface area contributed by atoms with Crippen molar-refractivity contribution in [1.29, 1.82) is 0 Å². The van der Waals surface area contributed by atoms with Gasteiger partial charge in [0.15, 0.2) is 0 Å². The average molecular weight is 467 g/mol. The van der Waals surface area contributed by atoms with Gasteiger partial charge in [0.25, 0.3) is 0 Å². The van der Waals surface area contributed by atoms with Gasteiger partial charge in [-0.05, 0) is 54.8 Å². The van der Waals surface area contributed by atoms with Gasteiger partial charge in [-0.1, -0.05) is 12.1 Å². The van der Waals surface area contributed by atoms with E-state index in [9.17, 15) is 14.4 Å². The largest absolute Gasteiger partial charge is 0.497 e. The first kappa shape index (κ1) is 23.6. The molecule has 2 fully saturated rings. The number of ether oxygens (including phenoxy) is 3. The number of likely N-dealkylation sites (tertiary alicyclic amines) is 1. The van der Waals surface area contributed by atoms with Crippen LogP contribution in [-0.2, 0) is 19.1 Å². The number of carbonyl (C=O) groups is 3. The number of hydrogen-bond acceptors (Lipinski definition) is 6. The summed E-state index contributed by atoms with van der Waals surface area (Å²) < 4.78 is 15.4. The van der Waals surface area contributed by atoms with Crippen LogP contribution >= 0.6 is 0 Å². The fraction of sp³-hybridized carbons (Fsp3) is 0.423. The van der Waals surface area contributed by atoms with Crippen LogP contribution in [0, 0.1) is 11.8 Å². The van der Waals surface area contributed by atoms with Crippen molar-refractivity contribution in [2.75, 3.05) is 39.3 Å². The number of piperidine rings is 1. The van der Waals surface area contributed by atoms with Crippen LogP contribution in [-0.4, -0.2) is 57.1 Å². The Labute approximate surface area is 199 Å². The minimum atomic E-state index is -0.530. The number of carbonyl (C=O) groups excluding carboxylic acids is 3. The molecule has 2 aliphatic heterocycles. The SMILES string of the molecule is COC(=O)C1CCN(C(=O)C2CC(=O)N(c3ccc(OC)cc3)C2c2ccc(OC)cc2)CC1. The summed E-state index contributed by atoms with van der Waals surface area (Å²) in [5, 5.41) is 0. The Kier molecular flexibility index (Phi) is 7.05. The predicted molar refractivity (Wildman–Crippen MR) is 126 cm³/mol. The molecule has 0 N–H and O–H groups in total. The van der Waals surface area contributed by atoms with Crippen LogP contribution in [0.5, 0.6) is 11.5 Å². The summed E-state index contributed by atoms with van der Waals surface area (Å²) >= 11 is 0. The van der Waals surface area contributed by atoms with E-state index in [1.165, 1.54) is 7.11 Å². The summed E-state index contributed by atoms with van der Waals surface area (Å²) in [4.78, 5) is 42.3. The summed E-state index contributed by atoms with van der Waals surface area (Å²) in [6.07, 6.45) is 1.25. The maximum Gasteiger partial charge on any atom is 0.308 e. The van der Waals surface area contributed by atoms with Crippen molar-refractivity contribution in [2.24, 2.45) is 11.8 Å². The summed E-state index contributed by atoms with van der Waals surface area (Å²) in [5.74, 6) is 0.284. The van der Waals surface area contributed by atoms with Crippen LogP contribution in [0.3, 0.4) is 0 Å². The number of esters is 1. The van der Waals surface area contributed by atoms with Crippen molar-refractivity contribution >= 4 is 23.5 Å². The van der Waals surface area contributed by atoms with Gasteiger partial charge in [0.05, 0.1) is 39.2 Å². The number of nitrogens with zero attached hydrogens (tertiary/aromatic N) is 2. The van der Waals surface area contributed by atoms with Gasteiger partial charge in [-0.15, -0.1) is 0 Å². The highest BCUT2D eigenvalue weighted by Crippen LogP contribution is 2.43. The Morgan fingerprint density at radius 3 is 1.94 bits per heavy atom. The minimum Gasteiger partial charge on any atom is -0.497 e. The topological polar surface area (TPSA) is 85.4 Å². The Bertz CT molecular complexity index is 1030. The Balaban J connectivity index is 1.63. The van der Waals surface area contributed by atoms with E-state index in [0.29, 0.717) is 43.1 Å². The molecule has 180 valence electrons. The number of methoxy groups -OCH3 is 3. The monoisotopic (exact) mass is 466 g/mol. The van der Waals surface area contributed by atoms with E-state index in [4.69, 9.17) is 14.2 Å². The Morgan fingerprint density at radius 1 is 0.853 bits per heavy atom. The zero-order chi connectivity index (χ0) is 24.2. The lowest BCUT2D eigenvalue weighted by Crippen LogP contribution is -2.44. The third-order valence-corrected chi connectivity index (χ3v) is 6.79. The Morgan fingerprint density at radius 2 is 1.41 bits per heavy atom. The van der Waals surface area contributed by atoms with Gasteiger partial charge in [-0.3, -0.25) is 14.4 Å². The molecule has 2 heterocycles. The number of hydrogen-bond donors (Lipinski definition) is 0. The number of benzene rings is 2. The van der Waals surface area contributed by atoms with Crippen molar-refractivity contribution in [3.63, 3.8) is 0 Å². The molecule has 8 nitrogen and oxygen atoms in total. The van der Waals surface area contributed by atoms with Crippen LogP contribution in [0.4, 0.5) is 5.69 Å². The van der Waals surface area contributed by atoms with Crippen LogP contribution in [0.2, 0.25) is 0 Å². The second kappa shape index (κ2) is 10.2. The number of amides is 2. The van der Waals surface area contributed by atoms with Crippen LogP contribution < -0.4 is 14.4 Å². The van der Waals surface area contributed by atoms with E-state index in [2.05, 4.69) is 0 Å². The molecule has 2 amide bonds. The maximum atomic E-state index is 13.7.